The minimum absolute atomic E-state index is 0.123. The first kappa shape index (κ1) is 14.3. The molecule has 1 aromatic carbocycles. The maximum Gasteiger partial charge on any atom is 0.331 e. The maximum absolute atomic E-state index is 12.2. The van der Waals surface area contributed by atoms with Crippen molar-refractivity contribution >= 4 is 11.9 Å². The molecule has 1 aliphatic rings. The Balaban J connectivity index is 2.20. The molecular weight excluding hydrogens is 256 g/mol. The highest BCUT2D eigenvalue weighted by Gasteiger charge is 2.35. The van der Waals surface area contributed by atoms with Crippen LogP contribution in [0.25, 0.3) is 0 Å². The quantitative estimate of drug-likeness (QED) is 0.620. The van der Waals surface area contributed by atoms with Crippen LogP contribution in [0.5, 0.6) is 0 Å². The molecule has 2 N–H and O–H groups in total. The van der Waals surface area contributed by atoms with Crippen molar-refractivity contribution in [2.24, 2.45) is 0 Å². The molecule has 0 aliphatic carbocycles. The molecule has 0 bridgehead atoms. The van der Waals surface area contributed by atoms with Gasteiger partial charge in [0.1, 0.15) is 0 Å². The molecule has 1 heterocycles. The second-order valence-electron chi connectivity index (χ2n) is 4.70. The van der Waals surface area contributed by atoms with E-state index in [-0.39, 0.29) is 12.5 Å². The number of fused-ring (bicyclic) bond motifs is 1. The summed E-state index contributed by atoms with van der Waals surface area (Å²) in [6.07, 6.45) is 2.35. The summed E-state index contributed by atoms with van der Waals surface area (Å²) in [7, 11) is 0. The number of carboxylic acids is 1. The summed E-state index contributed by atoms with van der Waals surface area (Å²) in [6.45, 7) is 4.64. The van der Waals surface area contributed by atoms with Gasteiger partial charge in [-0.2, -0.15) is 0 Å². The average Bonchev–Trinajstić information content (AvgIpc) is 2.45. The number of hydrogen-bond donors (Lipinski definition) is 2. The van der Waals surface area contributed by atoms with Crippen LogP contribution in [-0.2, 0) is 16.0 Å². The van der Waals surface area contributed by atoms with Crippen LogP contribution in [-0.4, -0.2) is 41.5 Å². The lowest BCUT2D eigenvalue weighted by Crippen LogP contribution is -2.46. The molecule has 0 radical (unpaired) electrons. The van der Waals surface area contributed by atoms with Crippen LogP contribution < -0.4 is 5.32 Å². The summed E-state index contributed by atoms with van der Waals surface area (Å²) < 4.78 is 0. The Morgan fingerprint density at radius 3 is 2.90 bits per heavy atom. The summed E-state index contributed by atoms with van der Waals surface area (Å²) >= 11 is 0. The smallest absolute Gasteiger partial charge is 0.331 e. The number of carboxylic acid groups (broad SMARTS) is 1. The van der Waals surface area contributed by atoms with Gasteiger partial charge in [-0.3, -0.25) is 4.79 Å². The molecule has 0 saturated carbocycles. The molecule has 106 valence electrons. The van der Waals surface area contributed by atoms with Gasteiger partial charge in [0.25, 0.3) is 0 Å². The van der Waals surface area contributed by atoms with Crippen LogP contribution in [0.1, 0.15) is 17.2 Å². The zero-order chi connectivity index (χ0) is 14.5. The van der Waals surface area contributed by atoms with E-state index in [2.05, 4.69) is 11.9 Å². The first-order valence-corrected chi connectivity index (χ1v) is 6.57. The highest BCUT2D eigenvalue weighted by atomic mass is 16.4. The van der Waals surface area contributed by atoms with Gasteiger partial charge in [-0.25, -0.2) is 4.79 Å². The predicted octanol–water partition coefficient (Wildman–Crippen LogP) is 0.973. The molecule has 1 amide bonds. The van der Waals surface area contributed by atoms with E-state index in [0.717, 1.165) is 5.56 Å². The Kier molecular flexibility index (Phi) is 4.53. The number of carbonyl (C=O) groups is 2. The summed E-state index contributed by atoms with van der Waals surface area (Å²) in [5.41, 5.74) is 1.71. The lowest BCUT2D eigenvalue weighted by Gasteiger charge is -2.34. The van der Waals surface area contributed by atoms with E-state index in [1.807, 2.05) is 12.1 Å². The molecule has 5 heteroatoms. The number of rotatable bonds is 5. The summed E-state index contributed by atoms with van der Waals surface area (Å²) in [5.74, 6) is -1.19. The molecule has 0 aromatic heterocycles. The standard InChI is InChI=1S/C15H18N2O3/c1-2-8-16-10-13(18)17-9-7-11-5-3-4-6-12(11)14(17)15(19)20/h2-6,14,16H,1,7-10H2,(H,19,20). The Bertz CT molecular complexity index is 528. The molecule has 5 nitrogen and oxygen atoms in total. The lowest BCUT2D eigenvalue weighted by molar-refractivity contribution is -0.150. The van der Waals surface area contributed by atoms with E-state index in [4.69, 9.17) is 0 Å². The highest BCUT2D eigenvalue weighted by Crippen LogP contribution is 2.29. The largest absolute Gasteiger partial charge is 0.479 e. The molecule has 1 unspecified atom stereocenters. The summed E-state index contributed by atoms with van der Waals surface area (Å²) in [6, 6.07) is 6.51. The van der Waals surface area contributed by atoms with E-state index in [1.165, 1.54) is 4.90 Å². The minimum Gasteiger partial charge on any atom is -0.479 e. The van der Waals surface area contributed by atoms with Gasteiger partial charge in [-0.1, -0.05) is 30.3 Å². The maximum atomic E-state index is 12.2. The Morgan fingerprint density at radius 2 is 2.20 bits per heavy atom. The van der Waals surface area contributed by atoms with Gasteiger partial charge < -0.3 is 15.3 Å². The number of benzene rings is 1. The van der Waals surface area contributed by atoms with Crippen molar-refractivity contribution in [2.75, 3.05) is 19.6 Å². The van der Waals surface area contributed by atoms with Gasteiger partial charge in [-0.05, 0) is 17.5 Å². The number of aliphatic carboxylic acids is 1. The highest BCUT2D eigenvalue weighted by molar-refractivity contribution is 5.86. The monoisotopic (exact) mass is 274 g/mol. The Hall–Kier alpha value is -2.14. The van der Waals surface area contributed by atoms with Gasteiger partial charge in [0.15, 0.2) is 6.04 Å². The summed E-state index contributed by atoms with van der Waals surface area (Å²) in [5, 5.41) is 12.4. The van der Waals surface area contributed by atoms with Crippen molar-refractivity contribution in [3.8, 4) is 0 Å². The number of carbonyl (C=O) groups excluding carboxylic acids is 1. The predicted molar refractivity (Wildman–Crippen MR) is 75.3 cm³/mol. The van der Waals surface area contributed by atoms with Gasteiger partial charge in [0.2, 0.25) is 5.91 Å². The number of hydrogen-bond acceptors (Lipinski definition) is 3. The molecule has 1 aliphatic heterocycles. The fraction of sp³-hybridized carbons (Fsp3) is 0.333. The lowest BCUT2D eigenvalue weighted by atomic mass is 9.92. The zero-order valence-corrected chi connectivity index (χ0v) is 11.2. The molecule has 20 heavy (non-hydrogen) atoms. The average molecular weight is 274 g/mol. The van der Waals surface area contributed by atoms with Gasteiger partial charge >= 0.3 is 5.97 Å². The van der Waals surface area contributed by atoms with Crippen molar-refractivity contribution in [1.82, 2.24) is 10.2 Å². The van der Waals surface area contributed by atoms with Crippen LogP contribution in [0.3, 0.4) is 0 Å². The van der Waals surface area contributed by atoms with Crippen LogP contribution in [0.4, 0.5) is 0 Å². The second-order valence-corrected chi connectivity index (χ2v) is 4.70. The molecule has 0 spiro atoms. The van der Waals surface area contributed by atoms with E-state index in [1.54, 1.807) is 18.2 Å². The summed E-state index contributed by atoms with van der Waals surface area (Å²) in [4.78, 5) is 25.1. The van der Waals surface area contributed by atoms with Crippen LogP contribution in [0.2, 0.25) is 0 Å². The molecular formula is C15H18N2O3. The van der Waals surface area contributed by atoms with E-state index in [0.29, 0.717) is 25.1 Å². The Labute approximate surface area is 117 Å². The van der Waals surface area contributed by atoms with Crippen LogP contribution >= 0.6 is 0 Å². The topological polar surface area (TPSA) is 69.6 Å². The van der Waals surface area contributed by atoms with Crippen molar-refractivity contribution in [2.45, 2.75) is 12.5 Å². The van der Waals surface area contributed by atoms with Crippen LogP contribution in [0.15, 0.2) is 36.9 Å². The third-order valence-corrected chi connectivity index (χ3v) is 3.40. The fourth-order valence-corrected chi connectivity index (χ4v) is 2.48. The minimum atomic E-state index is -0.991. The van der Waals surface area contributed by atoms with E-state index in [9.17, 15) is 14.7 Å². The molecule has 1 aromatic rings. The molecule has 2 rings (SSSR count). The number of nitrogens with zero attached hydrogens (tertiary/aromatic N) is 1. The first-order valence-electron chi connectivity index (χ1n) is 6.57. The second kappa shape index (κ2) is 6.34. The third kappa shape index (κ3) is 2.88. The third-order valence-electron chi connectivity index (χ3n) is 3.40. The van der Waals surface area contributed by atoms with E-state index < -0.39 is 12.0 Å². The van der Waals surface area contributed by atoms with Crippen LogP contribution in [0, 0.1) is 0 Å². The molecule has 0 fully saturated rings. The van der Waals surface area contributed by atoms with Crippen molar-refractivity contribution in [1.29, 1.82) is 0 Å². The molecule has 1 atom stereocenters. The normalized spacial score (nSPS) is 17.4. The molecule has 0 saturated heterocycles. The van der Waals surface area contributed by atoms with Crippen molar-refractivity contribution in [3.63, 3.8) is 0 Å². The van der Waals surface area contributed by atoms with Gasteiger partial charge in [0, 0.05) is 13.1 Å². The van der Waals surface area contributed by atoms with Crippen molar-refractivity contribution in [3.05, 3.63) is 48.0 Å². The zero-order valence-electron chi connectivity index (χ0n) is 11.2. The van der Waals surface area contributed by atoms with Gasteiger partial charge in [-0.15, -0.1) is 6.58 Å². The SMILES string of the molecule is C=CCNCC(=O)N1CCc2ccccc2C1C(=O)O. The number of amides is 1. The first-order chi connectivity index (χ1) is 9.65. The Morgan fingerprint density at radius 1 is 1.45 bits per heavy atom. The van der Waals surface area contributed by atoms with Gasteiger partial charge in [0.05, 0.1) is 6.54 Å². The van der Waals surface area contributed by atoms with E-state index >= 15 is 0 Å². The number of nitrogens with one attached hydrogen (secondary N) is 1. The fourth-order valence-electron chi connectivity index (χ4n) is 2.48. The van der Waals surface area contributed by atoms with Crippen molar-refractivity contribution < 1.29 is 14.7 Å².